The quantitative estimate of drug-likeness (QED) is 0.0393. The lowest BCUT2D eigenvalue weighted by atomic mass is 9.95. The van der Waals surface area contributed by atoms with Crippen molar-refractivity contribution >= 4 is 5.97 Å². The number of carbonyl (C=O) groups is 1. The van der Waals surface area contributed by atoms with Gasteiger partial charge in [-0.25, -0.2) is 0 Å². The molecule has 0 unspecified atom stereocenters. The minimum Gasteiger partial charge on any atom is -0.481 e. The molecule has 0 saturated heterocycles. The first kappa shape index (κ1) is 68.0. The van der Waals surface area contributed by atoms with Crippen LogP contribution in [-0.2, 0) is 99.5 Å². The first-order valence-electron chi connectivity index (χ1n) is 24.3. The molecule has 0 atom stereocenters. The summed E-state index contributed by atoms with van der Waals surface area (Å²) in [5.74, 6) is -0.891. The second kappa shape index (κ2) is 59.5. The van der Waals surface area contributed by atoms with E-state index < -0.39 is 11.4 Å². The third-order valence-corrected chi connectivity index (χ3v) is 8.51. The van der Waals surface area contributed by atoms with Crippen LogP contribution in [0.25, 0.3) is 10.4 Å². The SMILES string of the molecule is CC(C)(COCCOCCOCCOCCOCCOCCOCCOCCOCCOCCOCCOCCOCCOCCOCCOCCOCCOCCOCCOCCN=[N+]=[N-])C(=O)O. The van der Waals surface area contributed by atoms with Gasteiger partial charge < -0.3 is 99.8 Å². The molecule has 0 radical (unpaired) electrons. The molecule has 0 amide bonds. The summed E-state index contributed by atoms with van der Waals surface area (Å²) in [6.45, 7) is 21.9. The van der Waals surface area contributed by atoms with Crippen molar-refractivity contribution in [3.8, 4) is 0 Å². The van der Waals surface area contributed by atoms with Gasteiger partial charge in [-0.1, -0.05) is 5.11 Å². The van der Waals surface area contributed by atoms with Gasteiger partial charge >= 0.3 is 5.97 Å². The van der Waals surface area contributed by atoms with E-state index in [9.17, 15) is 4.79 Å². The van der Waals surface area contributed by atoms with Gasteiger partial charge in [0.15, 0.2) is 0 Å². The average molecular weight is 1020 g/mol. The van der Waals surface area contributed by atoms with Crippen LogP contribution in [-0.4, -0.2) is 282 Å². The second-order valence-corrected chi connectivity index (χ2v) is 14.8. The lowest BCUT2D eigenvalue weighted by Gasteiger charge is -2.18. The summed E-state index contributed by atoms with van der Waals surface area (Å²) in [7, 11) is 0. The topological polar surface area (TPSA) is 271 Å². The lowest BCUT2D eigenvalue weighted by molar-refractivity contribution is -0.150. The molecular weight excluding hydrogens is 934 g/mol. The zero-order valence-corrected chi connectivity index (χ0v) is 42.4. The summed E-state index contributed by atoms with van der Waals surface area (Å²) in [5, 5.41) is 12.4. The molecule has 0 aromatic rings. The van der Waals surface area contributed by atoms with Gasteiger partial charge in [-0.05, 0) is 19.4 Å². The number of carboxylic acids is 1. The molecule has 25 heteroatoms. The van der Waals surface area contributed by atoms with Gasteiger partial charge in [0.1, 0.15) is 0 Å². The molecule has 25 nitrogen and oxygen atoms in total. The number of ether oxygens (including phenoxy) is 20. The maximum absolute atomic E-state index is 11.0. The predicted molar refractivity (Wildman–Crippen MR) is 252 cm³/mol. The van der Waals surface area contributed by atoms with E-state index in [0.29, 0.717) is 264 Å². The number of carboxylic acid groups (broad SMARTS) is 1. The number of rotatable bonds is 63. The van der Waals surface area contributed by atoms with E-state index in [1.807, 2.05) is 0 Å². The Kier molecular flexibility index (Phi) is 57.8. The second-order valence-electron chi connectivity index (χ2n) is 14.8. The molecule has 0 aromatic carbocycles. The van der Waals surface area contributed by atoms with E-state index in [1.165, 1.54) is 0 Å². The molecule has 70 heavy (non-hydrogen) atoms. The number of azide groups is 1. The molecule has 0 aliphatic rings. The summed E-state index contributed by atoms with van der Waals surface area (Å²) in [6, 6.07) is 0. The van der Waals surface area contributed by atoms with Gasteiger partial charge in [0.2, 0.25) is 0 Å². The van der Waals surface area contributed by atoms with Gasteiger partial charge in [-0.15, -0.1) is 0 Å². The van der Waals surface area contributed by atoms with Crippen molar-refractivity contribution in [2.24, 2.45) is 10.5 Å². The van der Waals surface area contributed by atoms with Crippen LogP contribution >= 0.6 is 0 Å². The number of aliphatic carboxylic acids is 1. The van der Waals surface area contributed by atoms with E-state index in [-0.39, 0.29) is 6.61 Å². The standard InChI is InChI=1S/C45H89N3O22/c1-45(2,44(49)50)43-70-42-41-69-40-39-68-38-37-67-36-35-66-34-33-65-32-31-64-30-29-63-28-27-62-26-25-61-24-23-60-22-21-59-20-19-58-18-17-57-16-15-56-14-13-55-12-11-54-10-9-53-8-7-52-6-5-51-4-3-47-48-46/h3-43H2,1-2H3,(H,49,50). The van der Waals surface area contributed by atoms with Crippen LogP contribution in [0, 0.1) is 5.41 Å². The molecule has 1 N–H and O–H groups in total. The van der Waals surface area contributed by atoms with Gasteiger partial charge in [0, 0.05) is 11.5 Å². The Morgan fingerprint density at radius 2 is 0.457 bits per heavy atom. The van der Waals surface area contributed by atoms with Crippen molar-refractivity contribution in [2.75, 3.05) is 271 Å². The smallest absolute Gasteiger partial charge is 0.311 e. The van der Waals surface area contributed by atoms with Crippen LogP contribution in [0.1, 0.15) is 13.8 Å². The highest BCUT2D eigenvalue weighted by Gasteiger charge is 2.27. The third kappa shape index (κ3) is 58.5. The van der Waals surface area contributed by atoms with Crippen molar-refractivity contribution in [1.29, 1.82) is 0 Å². The van der Waals surface area contributed by atoms with E-state index in [1.54, 1.807) is 13.8 Å². The highest BCUT2D eigenvalue weighted by Crippen LogP contribution is 2.15. The Labute approximate surface area is 415 Å². The van der Waals surface area contributed by atoms with Gasteiger partial charge in [-0.3, -0.25) is 4.79 Å². The normalized spacial score (nSPS) is 11.7. The van der Waals surface area contributed by atoms with Crippen LogP contribution in [0.4, 0.5) is 0 Å². The Morgan fingerprint density at radius 1 is 0.314 bits per heavy atom. The first-order valence-corrected chi connectivity index (χ1v) is 24.3. The minimum absolute atomic E-state index is 0.136. The van der Waals surface area contributed by atoms with Crippen molar-refractivity contribution in [2.45, 2.75) is 13.8 Å². The zero-order valence-electron chi connectivity index (χ0n) is 42.4. The summed E-state index contributed by atoms with van der Waals surface area (Å²) >= 11 is 0. The molecule has 0 saturated carbocycles. The van der Waals surface area contributed by atoms with Crippen LogP contribution in [0.15, 0.2) is 5.11 Å². The van der Waals surface area contributed by atoms with Crippen LogP contribution in [0.3, 0.4) is 0 Å². The molecule has 0 bridgehead atoms. The zero-order chi connectivity index (χ0) is 50.6. The maximum atomic E-state index is 11.0. The summed E-state index contributed by atoms with van der Waals surface area (Å²) in [4.78, 5) is 13.7. The van der Waals surface area contributed by atoms with Crippen molar-refractivity contribution in [3.63, 3.8) is 0 Å². The summed E-state index contributed by atoms with van der Waals surface area (Å²) in [6.07, 6.45) is 0. The van der Waals surface area contributed by atoms with E-state index in [2.05, 4.69) is 10.0 Å². The highest BCUT2D eigenvalue weighted by atomic mass is 16.6. The molecule has 0 heterocycles. The molecule has 0 aromatic heterocycles. The molecule has 0 aliphatic heterocycles. The van der Waals surface area contributed by atoms with Crippen molar-refractivity contribution in [1.82, 2.24) is 0 Å². The van der Waals surface area contributed by atoms with E-state index in [0.717, 1.165) is 0 Å². The van der Waals surface area contributed by atoms with Crippen molar-refractivity contribution in [3.05, 3.63) is 10.4 Å². The lowest BCUT2D eigenvalue weighted by Crippen LogP contribution is -2.29. The Balaban J connectivity index is 3.10. The van der Waals surface area contributed by atoms with E-state index in [4.69, 9.17) is 105 Å². The summed E-state index contributed by atoms with van der Waals surface area (Å²) in [5.41, 5.74) is 7.25. The molecule has 0 fully saturated rings. The molecule has 0 spiro atoms. The first-order chi connectivity index (χ1) is 34.5. The number of hydrogen-bond acceptors (Lipinski definition) is 22. The number of hydrogen-bond donors (Lipinski definition) is 1. The van der Waals surface area contributed by atoms with Gasteiger partial charge in [0.25, 0.3) is 0 Å². The third-order valence-electron chi connectivity index (χ3n) is 8.51. The maximum Gasteiger partial charge on any atom is 0.311 e. The molecular formula is C45H89N3O22. The fraction of sp³-hybridized carbons (Fsp3) is 0.978. The fourth-order valence-corrected chi connectivity index (χ4v) is 4.72. The molecule has 0 rings (SSSR count). The van der Waals surface area contributed by atoms with Crippen LogP contribution < -0.4 is 0 Å². The predicted octanol–water partition coefficient (Wildman–Crippen LogP) is 1.74. The van der Waals surface area contributed by atoms with Gasteiger partial charge in [0.05, 0.1) is 270 Å². The monoisotopic (exact) mass is 1020 g/mol. The van der Waals surface area contributed by atoms with E-state index >= 15 is 0 Å². The Hall–Kier alpha value is -2.02. The van der Waals surface area contributed by atoms with Crippen LogP contribution in [0.5, 0.6) is 0 Å². The summed E-state index contributed by atoms with van der Waals surface area (Å²) < 4.78 is 109. The largest absolute Gasteiger partial charge is 0.481 e. The van der Waals surface area contributed by atoms with Gasteiger partial charge in [-0.2, -0.15) is 0 Å². The Bertz CT molecular complexity index is 1090. The number of nitrogens with zero attached hydrogens (tertiary/aromatic N) is 3. The van der Waals surface area contributed by atoms with Crippen LogP contribution in [0.2, 0.25) is 0 Å². The van der Waals surface area contributed by atoms with Crippen molar-refractivity contribution < 1.29 is 105 Å². The highest BCUT2D eigenvalue weighted by molar-refractivity contribution is 5.73. The molecule has 416 valence electrons. The minimum atomic E-state index is -0.910. The fourth-order valence-electron chi connectivity index (χ4n) is 4.72. The molecule has 0 aliphatic carbocycles. The average Bonchev–Trinajstić information content (AvgIpc) is 3.35. The Morgan fingerprint density at radius 3 is 0.600 bits per heavy atom.